The highest BCUT2D eigenvalue weighted by Gasteiger charge is 2.12. The Morgan fingerprint density at radius 2 is 2.50 bits per heavy atom. The van der Waals surface area contributed by atoms with E-state index in [1.54, 1.807) is 7.05 Å². The average Bonchev–Trinajstić information content (AvgIpc) is 2.13. The van der Waals surface area contributed by atoms with Crippen LogP contribution in [0.5, 0.6) is 0 Å². The molecular formula is C4H6N4O2. The molecule has 0 aromatic carbocycles. The second-order valence-electron chi connectivity index (χ2n) is 1.81. The lowest BCUT2D eigenvalue weighted by Crippen LogP contribution is -1.97. The van der Waals surface area contributed by atoms with E-state index in [1.165, 1.54) is 10.7 Å². The Kier molecular flexibility index (Phi) is 1.29. The average molecular weight is 142 g/mol. The van der Waals surface area contributed by atoms with Gasteiger partial charge in [-0.3, -0.25) is 0 Å². The van der Waals surface area contributed by atoms with Gasteiger partial charge in [-0.1, -0.05) is 0 Å². The van der Waals surface area contributed by atoms with E-state index in [1.807, 2.05) is 0 Å². The van der Waals surface area contributed by atoms with Crippen LogP contribution in [-0.4, -0.2) is 14.7 Å². The Balaban J connectivity index is 3.10. The Labute approximate surface area is 56.4 Å². The first-order valence-corrected chi connectivity index (χ1v) is 2.55. The van der Waals surface area contributed by atoms with Crippen LogP contribution in [0, 0.1) is 10.1 Å². The van der Waals surface area contributed by atoms with Gasteiger partial charge in [-0.2, -0.15) is 4.68 Å². The molecule has 0 saturated carbocycles. The normalized spacial score (nSPS) is 9.70. The van der Waals surface area contributed by atoms with E-state index in [4.69, 9.17) is 5.73 Å². The van der Waals surface area contributed by atoms with Crippen LogP contribution < -0.4 is 5.73 Å². The summed E-state index contributed by atoms with van der Waals surface area (Å²) >= 11 is 0. The van der Waals surface area contributed by atoms with Crippen LogP contribution in [-0.2, 0) is 7.05 Å². The topological polar surface area (TPSA) is 87.0 Å². The maximum Gasteiger partial charge on any atom is 0.392 e. The lowest BCUT2D eigenvalue weighted by Gasteiger charge is -1.81. The summed E-state index contributed by atoms with van der Waals surface area (Å²) in [5, 5.41) is 13.5. The summed E-state index contributed by atoms with van der Waals surface area (Å²) in [6, 6.07) is 1.21. The highest BCUT2D eigenvalue weighted by atomic mass is 16.6. The van der Waals surface area contributed by atoms with E-state index in [-0.39, 0.29) is 11.6 Å². The zero-order valence-corrected chi connectivity index (χ0v) is 5.31. The van der Waals surface area contributed by atoms with E-state index in [0.29, 0.717) is 0 Å². The number of nitrogens with two attached hydrogens (primary N) is 1. The largest absolute Gasteiger partial charge is 0.392 e. The Morgan fingerprint density at radius 3 is 2.70 bits per heavy atom. The van der Waals surface area contributed by atoms with Crippen LogP contribution in [0.15, 0.2) is 6.07 Å². The van der Waals surface area contributed by atoms with Crippen LogP contribution >= 0.6 is 0 Å². The molecule has 0 saturated heterocycles. The molecule has 54 valence electrons. The smallest absolute Gasteiger partial charge is 0.382 e. The number of anilines is 1. The van der Waals surface area contributed by atoms with Crippen molar-refractivity contribution >= 4 is 11.6 Å². The summed E-state index contributed by atoms with van der Waals surface area (Å²) in [6.07, 6.45) is 0. The van der Waals surface area contributed by atoms with Crippen molar-refractivity contribution in [3.8, 4) is 0 Å². The SMILES string of the molecule is Cn1nc([N+](=O)[O-])cc1N. The summed E-state index contributed by atoms with van der Waals surface area (Å²) in [7, 11) is 1.54. The molecule has 0 amide bonds. The second-order valence-corrected chi connectivity index (χ2v) is 1.81. The minimum absolute atomic E-state index is 0.222. The minimum atomic E-state index is -0.587. The van der Waals surface area contributed by atoms with Crippen molar-refractivity contribution in [2.24, 2.45) is 7.05 Å². The third-order valence-corrected chi connectivity index (χ3v) is 1.09. The van der Waals surface area contributed by atoms with Crippen molar-refractivity contribution < 1.29 is 4.92 Å². The third-order valence-electron chi connectivity index (χ3n) is 1.09. The maximum atomic E-state index is 10.0. The molecule has 0 atom stereocenters. The fraction of sp³-hybridized carbons (Fsp3) is 0.250. The summed E-state index contributed by atoms with van der Waals surface area (Å²) in [5.41, 5.74) is 5.27. The summed E-state index contributed by atoms with van der Waals surface area (Å²) in [6.45, 7) is 0. The van der Waals surface area contributed by atoms with Crippen molar-refractivity contribution in [3.05, 3.63) is 16.2 Å². The number of rotatable bonds is 1. The summed E-state index contributed by atoms with van der Waals surface area (Å²) in [5.74, 6) is 0.0618. The summed E-state index contributed by atoms with van der Waals surface area (Å²) < 4.78 is 1.25. The third kappa shape index (κ3) is 0.903. The monoisotopic (exact) mass is 142 g/mol. The van der Waals surface area contributed by atoms with Crippen molar-refractivity contribution in [1.82, 2.24) is 9.78 Å². The Bertz CT molecular complexity index is 247. The fourth-order valence-corrected chi connectivity index (χ4v) is 0.555. The first-order valence-electron chi connectivity index (χ1n) is 2.55. The van der Waals surface area contributed by atoms with Crippen LogP contribution in [0.3, 0.4) is 0 Å². The van der Waals surface area contributed by atoms with Gasteiger partial charge in [-0.25, -0.2) is 0 Å². The van der Waals surface area contributed by atoms with Crippen LogP contribution in [0.2, 0.25) is 0 Å². The van der Waals surface area contributed by atoms with E-state index in [2.05, 4.69) is 5.10 Å². The first-order chi connectivity index (χ1) is 4.61. The molecule has 0 bridgehead atoms. The fourth-order valence-electron chi connectivity index (χ4n) is 0.555. The molecule has 0 spiro atoms. The standard InChI is InChI=1S/C4H6N4O2/c1-7-3(5)2-4(6-7)8(9)10/h2H,5H2,1H3. The molecule has 10 heavy (non-hydrogen) atoms. The Hall–Kier alpha value is -1.59. The maximum absolute atomic E-state index is 10.0. The Morgan fingerprint density at radius 1 is 1.90 bits per heavy atom. The molecule has 0 aliphatic heterocycles. The molecule has 0 unspecified atom stereocenters. The molecule has 6 heteroatoms. The predicted molar refractivity (Wildman–Crippen MR) is 34.3 cm³/mol. The lowest BCUT2D eigenvalue weighted by molar-refractivity contribution is -0.389. The lowest BCUT2D eigenvalue weighted by atomic mass is 10.6. The number of aromatic nitrogens is 2. The van der Waals surface area contributed by atoms with Gasteiger partial charge in [-0.05, 0) is 4.92 Å². The highest BCUT2D eigenvalue weighted by molar-refractivity contribution is 5.36. The van der Waals surface area contributed by atoms with Gasteiger partial charge in [-0.15, -0.1) is 0 Å². The zero-order valence-electron chi connectivity index (χ0n) is 5.31. The van der Waals surface area contributed by atoms with Gasteiger partial charge in [0.1, 0.15) is 0 Å². The van der Waals surface area contributed by atoms with Crippen molar-refractivity contribution in [3.63, 3.8) is 0 Å². The molecule has 1 aromatic rings. The number of nitrogens with zero attached hydrogens (tertiary/aromatic N) is 3. The van der Waals surface area contributed by atoms with Crippen LogP contribution in [0.1, 0.15) is 0 Å². The number of nitrogen functional groups attached to an aromatic ring is 1. The van der Waals surface area contributed by atoms with E-state index < -0.39 is 4.92 Å². The molecule has 1 rings (SSSR count). The van der Waals surface area contributed by atoms with Gasteiger partial charge in [0.2, 0.25) is 0 Å². The van der Waals surface area contributed by atoms with Gasteiger partial charge in [0.25, 0.3) is 0 Å². The second kappa shape index (κ2) is 1.98. The molecule has 0 radical (unpaired) electrons. The molecule has 0 aliphatic rings. The number of aryl methyl sites for hydroxylation is 1. The van der Waals surface area contributed by atoms with Crippen molar-refractivity contribution in [2.75, 3.05) is 5.73 Å². The zero-order chi connectivity index (χ0) is 7.72. The molecule has 0 fully saturated rings. The molecular weight excluding hydrogens is 136 g/mol. The van der Waals surface area contributed by atoms with Gasteiger partial charge in [0.15, 0.2) is 5.82 Å². The van der Waals surface area contributed by atoms with Crippen LogP contribution in [0.4, 0.5) is 11.6 Å². The summed E-state index contributed by atoms with van der Waals surface area (Å²) in [4.78, 5) is 9.45. The van der Waals surface area contributed by atoms with Gasteiger partial charge >= 0.3 is 5.82 Å². The van der Waals surface area contributed by atoms with Gasteiger partial charge in [0, 0.05) is 0 Å². The highest BCUT2D eigenvalue weighted by Crippen LogP contribution is 2.10. The number of hydrogen-bond donors (Lipinski definition) is 1. The first kappa shape index (κ1) is 6.53. The van der Waals surface area contributed by atoms with Crippen LogP contribution in [0.25, 0.3) is 0 Å². The minimum Gasteiger partial charge on any atom is -0.382 e. The van der Waals surface area contributed by atoms with Gasteiger partial charge < -0.3 is 15.8 Å². The predicted octanol–water partition coefficient (Wildman–Crippen LogP) is -0.0895. The molecule has 6 nitrogen and oxygen atoms in total. The van der Waals surface area contributed by atoms with Gasteiger partial charge in [0.05, 0.1) is 18.2 Å². The molecule has 1 heterocycles. The molecule has 0 aliphatic carbocycles. The van der Waals surface area contributed by atoms with E-state index in [9.17, 15) is 10.1 Å². The number of nitro groups is 1. The quantitative estimate of drug-likeness (QED) is 0.438. The van der Waals surface area contributed by atoms with E-state index >= 15 is 0 Å². The molecule has 2 N–H and O–H groups in total. The van der Waals surface area contributed by atoms with E-state index in [0.717, 1.165) is 0 Å². The number of hydrogen-bond acceptors (Lipinski definition) is 4. The molecule has 1 aromatic heterocycles. The van der Waals surface area contributed by atoms with Crippen molar-refractivity contribution in [2.45, 2.75) is 0 Å². The van der Waals surface area contributed by atoms with Crippen molar-refractivity contribution in [1.29, 1.82) is 0 Å².